The molecular weight excluding hydrogens is 262 g/mol. The van der Waals surface area contributed by atoms with Crippen LogP contribution >= 0.6 is 0 Å². The minimum Gasteiger partial charge on any atom is -0.389 e. The molecule has 0 radical (unpaired) electrons. The van der Waals surface area contributed by atoms with Crippen molar-refractivity contribution in [3.8, 4) is 0 Å². The van der Waals surface area contributed by atoms with Gasteiger partial charge in [0.05, 0.1) is 16.5 Å². The first kappa shape index (κ1) is 14.5. The second-order valence-electron chi connectivity index (χ2n) is 5.74. The lowest BCUT2D eigenvalue weighted by Gasteiger charge is -2.33. The van der Waals surface area contributed by atoms with E-state index in [1.54, 1.807) is 38.1 Å². The largest absolute Gasteiger partial charge is 0.389 e. The van der Waals surface area contributed by atoms with Gasteiger partial charge in [-0.05, 0) is 45.7 Å². The lowest BCUT2D eigenvalue weighted by molar-refractivity contribution is 0.0215. The van der Waals surface area contributed by atoms with Crippen molar-refractivity contribution in [3.05, 3.63) is 29.8 Å². The van der Waals surface area contributed by atoms with Gasteiger partial charge in [0, 0.05) is 6.54 Å². The van der Waals surface area contributed by atoms with Gasteiger partial charge in [0.15, 0.2) is 0 Å². The van der Waals surface area contributed by atoms with E-state index in [-0.39, 0.29) is 6.04 Å². The minimum atomic E-state index is -3.51. The van der Waals surface area contributed by atoms with Crippen molar-refractivity contribution in [3.63, 3.8) is 0 Å². The van der Waals surface area contributed by atoms with Gasteiger partial charge < -0.3 is 5.11 Å². The van der Waals surface area contributed by atoms with Crippen LogP contribution in [0.4, 0.5) is 0 Å². The fraction of sp³-hybridized carbons (Fsp3) is 0.571. The van der Waals surface area contributed by atoms with Crippen LogP contribution in [0.15, 0.2) is 29.2 Å². The van der Waals surface area contributed by atoms with Gasteiger partial charge in [-0.2, -0.15) is 4.31 Å². The van der Waals surface area contributed by atoms with E-state index in [0.717, 1.165) is 12.0 Å². The van der Waals surface area contributed by atoms with Gasteiger partial charge in [0.25, 0.3) is 0 Å². The van der Waals surface area contributed by atoms with Crippen molar-refractivity contribution in [2.45, 2.75) is 50.2 Å². The Labute approximate surface area is 115 Å². The van der Waals surface area contributed by atoms with E-state index >= 15 is 0 Å². The van der Waals surface area contributed by atoms with Gasteiger partial charge in [-0.25, -0.2) is 8.42 Å². The molecule has 0 bridgehead atoms. The van der Waals surface area contributed by atoms with Crippen LogP contribution in [0.25, 0.3) is 0 Å². The zero-order valence-corrected chi connectivity index (χ0v) is 12.4. The van der Waals surface area contributed by atoms with Crippen LogP contribution in [0.1, 0.15) is 32.3 Å². The molecule has 1 N–H and O–H groups in total. The van der Waals surface area contributed by atoms with Gasteiger partial charge in [0.1, 0.15) is 0 Å². The highest BCUT2D eigenvalue weighted by molar-refractivity contribution is 7.89. The molecule has 1 aliphatic rings. The van der Waals surface area contributed by atoms with Crippen molar-refractivity contribution in [2.24, 2.45) is 0 Å². The Morgan fingerprint density at radius 3 is 2.37 bits per heavy atom. The fourth-order valence-electron chi connectivity index (χ4n) is 2.58. The van der Waals surface area contributed by atoms with Crippen LogP contribution in [-0.2, 0) is 10.0 Å². The quantitative estimate of drug-likeness (QED) is 0.922. The Kier molecular flexibility index (Phi) is 3.73. The van der Waals surface area contributed by atoms with Crippen molar-refractivity contribution in [1.82, 2.24) is 4.31 Å². The first-order chi connectivity index (χ1) is 8.73. The van der Waals surface area contributed by atoms with E-state index < -0.39 is 15.6 Å². The molecule has 1 aromatic rings. The summed E-state index contributed by atoms with van der Waals surface area (Å²) in [4.78, 5) is 0.300. The van der Waals surface area contributed by atoms with Gasteiger partial charge >= 0.3 is 0 Å². The molecule has 1 saturated heterocycles. The van der Waals surface area contributed by atoms with Gasteiger partial charge in [-0.1, -0.05) is 17.7 Å². The Morgan fingerprint density at radius 1 is 1.26 bits per heavy atom. The molecule has 1 aliphatic heterocycles. The lowest BCUT2D eigenvalue weighted by atomic mass is 9.98. The summed E-state index contributed by atoms with van der Waals surface area (Å²) in [6, 6.07) is 6.50. The Balaban J connectivity index is 2.37. The first-order valence-corrected chi connectivity index (χ1v) is 7.98. The highest BCUT2D eigenvalue weighted by Gasteiger charge is 2.42. The van der Waals surface area contributed by atoms with Crippen LogP contribution < -0.4 is 0 Å². The molecule has 19 heavy (non-hydrogen) atoms. The van der Waals surface area contributed by atoms with Crippen LogP contribution in [-0.4, -0.2) is 36.0 Å². The summed E-state index contributed by atoms with van der Waals surface area (Å²) in [6.45, 7) is 5.73. The Morgan fingerprint density at radius 2 is 1.84 bits per heavy atom. The summed E-state index contributed by atoms with van der Waals surface area (Å²) in [6.07, 6.45) is 1.49. The molecule has 0 saturated carbocycles. The second-order valence-corrected chi connectivity index (χ2v) is 7.63. The average molecular weight is 283 g/mol. The predicted octanol–water partition coefficient (Wildman–Crippen LogP) is 1.92. The number of benzene rings is 1. The summed E-state index contributed by atoms with van der Waals surface area (Å²) in [5.41, 5.74) is 0.00766. The smallest absolute Gasteiger partial charge is 0.243 e. The normalized spacial score (nSPS) is 21.8. The van der Waals surface area contributed by atoms with E-state index in [0.29, 0.717) is 17.9 Å². The number of hydrogen-bond donors (Lipinski definition) is 1. The third-order valence-electron chi connectivity index (χ3n) is 3.65. The minimum absolute atomic E-state index is 0.300. The third-order valence-corrected chi connectivity index (χ3v) is 5.57. The van der Waals surface area contributed by atoms with Crippen LogP contribution in [0.5, 0.6) is 0 Å². The van der Waals surface area contributed by atoms with Crippen LogP contribution in [0.2, 0.25) is 0 Å². The van der Waals surface area contributed by atoms with E-state index in [9.17, 15) is 13.5 Å². The first-order valence-electron chi connectivity index (χ1n) is 6.54. The molecule has 1 atom stereocenters. The van der Waals surface area contributed by atoms with E-state index in [1.165, 1.54) is 4.31 Å². The molecule has 5 heteroatoms. The standard InChI is InChI=1S/C14H21NO3S/c1-11-6-8-12(9-7-11)19(17,18)15-10-4-5-13(15)14(2,3)16/h6-9,13,16H,4-5,10H2,1-3H3. The van der Waals surface area contributed by atoms with E-state index in [1.807, 2.05) is 6.92 Å². The molecule has 1 aromatic carbocycles. The van der Waals surface area contributed by atoms with E-state index in [4.69, 9.17) is 0 Å². The number of nitrogens with zero attached hydrogens (tertiary/aromatic N) is 1. The molecule has 0 aromatic heterocycles. The number of aryl methyl sites for hydroxylation is 1. The molecule has 0 amide bonds. The van der Waals surface area contributed by atoms with Crippen LogP contribution in [0.3, 0.4) is 0 Å². The number of rotatable bonds is 3. The number of aliphatic hydroxyl groups is 1. The maximum atomic E-state index is 12.6. The average Bonchev–Trinajstić information content (AvgIpc) is 2.78. The summed E-state index contributed by atoms with van der Waals surface area (Å²) >= 11 is 0. The van der Waals surface area contributed by atoms with Gasteiger partial charge in [-0.3, -0.25) is 0 Å². The second kappa shape index (κ2) is 4.89. The van der Waals surface area contributed by atoms with Gasteiger partial charge in [-0.15, -0.1) is 0 Å². The van der Waals surface area contributed by atoms with Crippen molar-refractivity contribution < 1.29 is 13.5 Å². The lowest BCUT2D eigenvalue weighted by Crippen LogP contribution is -2.48. The predicted molar refractivity (Wildman–Crippen MR) is 74.4 cm³/mol. The van der Waals surface area contributed by atoms with Crippen molar-refractivity contribution in [2.75, 3.05) is 6.54 Å². The SMILES string of the molecule is Cc1ccc(S(=O)(=O)N2CCCC2C(C)(C)O)cc1. The third kappa shape index (κ3) is 2.83. The number of hydrogen-bond acceptors (Lipinski definition) is 3. The molecule has 1 heterocycles. The molecule has 4 nitrogen and oxygen atoms in total. The fourth-order valence-corrected chi connectivity index (χ4v) is 4.40. The summed E-state index contributed by atoms with van der Waals surface area (Å²) in [5, 5.41) is 10.1. The Hall–Kier alpha value is -0.910. The summed E-state index contributed by atoms with van der Waals surface area (Å²) in [5.74, 6) is 0. The highest BCUT2D eigenvalue weighted by atomic mass is 32.2. The molecule has 0 spiro atoms. The van der Waals surface area contributed by atoms with E-state index in [2.05, 4.69) is 0 Å². The number of sulfonamides is 1. The zero-order chi connectivity index (χ0) is 14.3. The maximum absolute atomic E-state index is 12.6. The van der Waals surface area contributed by atoms with Crippen molar-refractivity contribution in [1.29, 1.82) is 0 Å². The van der Waals surface area contributed by atoms with Crippen molar-refractivity contribution >= 4 is 10.0 Å². The highest BCUT2D eigenvalue weighted by Crippen LogP contribution is 2.32. The zero-order valence-electron chi connectivity index (χ0n) is 11.6. The monoisotopic (exact) mass is 283 g/mol. The van der Waals surface area contributed by atoms with Crippen LogP contribution in [0, 0.1) is 6.92 Å². The molecule has 0 aliphatic carbocycles. The maximum Gasteiger partial charge on any atom is 0.243 e. The molecule has 1 unspecified atom stereocenters. The summed E-state index contributed by atoms with van der Waals surface area (Å²) in [7, 11) is -3.51. The molecule has 1 fully saturated rings. The molecule has 2 rings (SSSR count). The molecular formula is C14H21NO3S. The topological polar surface area (TPSA) is 57.6 Å². The van der Waals surface area contributed by atoms with Gasteiger partial charge in [0.2, 0.25) is 10.0 Å². The summed E-state index contributed by atoms with van der Waals surface area (Å²) < 4.78 is 26.7. The molecule has 106 valence electrons. The Bertz CT molecular complexity index is 543.